The van der Waals surface area contributed by atoms with Crippen molar-refractivity contribution in [3.63, 3.8) is 0 Å². The van der Waals surface area contributed by atoms with Gasteiger partial charge in [-0.25, -0.2) is 0 Å². The fraction of sp³-hybridized carbons (Fsp3) is 0.560. The summed E-state index contributed by atoms with van der Waals surface area (Å²) in [5.74, 6) is -0.113. The van der Waals surface area contributed by atoms with Gasteiger partial charge in [0.05, 0.1) is 31.3 Å². The molecule has 7 heteroatoms. The molecule has 3 heterocycles. The number of aromatic nitrogens is 1. The molecule has 2 saturated heterocycles. The van der Waals surface area contributed by atoms with Gasteiger partial charge in [0.25, 0.3) is 0 Å². The Morgan fingerprint density at radius 2 is 2.00 bits per heavy atom. The van der Waals surface area contributed by atoms with Crippen molar-refractivity contribution < 1.29 is 14.3 Å². The number of benzene rings is 1. The summed E-state index contributed by atoms with van der Waals surface area (Å²) in [6.07, 6.45) is 5.63. The molecule has 2 aliphatic heterocycles. The number of likely N-dealkylation sites (tertiary alicyclic amines) is 2. The quantitative estimate of drug-likeness (QED) is 0.623. The molecule has 0 aliphatic carbocycles. The number of aryl methyl sites for hydroxylation is 2. The van der Waals surface area contributed by atoms with Crippen molar-refractivity contribution in [3.05, 3.63) is 35.5 Å². The molecule has 1 aromatic carbocycles. The van der Waals surface area contributed by atoms with E-state index in [9.17, 15) is 14.9 Å². The van der Waals surface area contributed by atoms with Crippen LogP contribution in [-0.2, 0) is 27.3 Å². The van der Waals surface area contributed by atoms with Crippen LogP contribution in [0.1, 0.15) is 50.3 Å². The summed E-state index contributed by atoms with van der Waals surface area (Å²) >= 11 is 0. The maximum absolute atomic E-state index is 13.4. The Morgan fingerprint density at radius 3 is 2.75 bits per heavy atom. The molecule has 0 unspecified atom stereocenters. The third-order valence-electron chi connectivity index (χ3n) is 7.03. The van der Waals surface area contributed by atoms with Crippen LogP contribution in [0.25, 0.3) is 10.9 Å². The van der Waals surface area contributed by atoms with Crippen LogP contribution < -0.4 is 0 Å². The molecule has 2 aromatic rings. The molecular weight excluding hydrogens is 404 g/mol. The summed E-state index contributed by atoms with van der Waals surface area (Å²) in [6, 6.07) is 10.3. The summed E-state index contributed by atoms with van der Waals surface area (Å²) < 4.78 is 7.12. The Hall–Kier alpha value is -2.85. The van der Waals surface area contributed by atoms with Crippen LogP contribution in [0.3, 0.4) is 0 Å². The minimum atomic E-state index is -0.283. The highest BCUT2D eigenvalue weighted by Crippen LogP contribution is 2.28. The van der Waals surface area contributed by atoms with Gasteiger partial charge >= 0.3 is 5.97 Å². The second-order valence-corrected chi connectivity index (χ2v) is 8.84. The average Bonchev–Trinajstić information content (AvgIpc) is 3.54. The Bertz CT molecular complexity index is 1040. The predicted molar refractivity (Wildman–Crippen MR) is 122 cm³/mol. The van der Waals surface area contributed by atoms with Crippen LogP contribution in [0, 0.1) is 11.3 Å². The molecule has 0 N–H and O–H groups in total. The zero-order valence-electron chi connectivity index (χ0n) is 19.0. The van der Waals surface area contributed by atoms with Crippen molar-refractivity contribution in [2.45, 2.75) is 64.1 Å². The van der Waals surface area contributed by atoms with Gasteiger partial charge in [-0.2, -0.15) is 5.26 Å². The third kappa shape index (κ3) is 4.37. The number of hydrogen-bond acceptors (Lipinski definition) is 5. The number of hydrogen-bond donors (Lipinski definition) is 0. The smallest absolute Gasteiger partial charge is 0.319 e. The number of rotatable bonds is 7. The Morgan fingerprint density at radius 1 is 1.19 bits per heavy atom. The van der Waals surface area contributed by atoms with E-state index in [2.05, 4.69) is 28.5 Å². The molecular formula is C25H32N4O3. The van der Waals surface area contributed by atoms with Crippen LogP contribution in [0.4, 0.5) is 0 Å². The number of fused-ring (bicyclic) bond motifs is 1. The van der Waals surface area contributed by atoms with E-state index in [0.717, 1.165) is 69.1 Å². The number of esters is 1. The second kappa shape index (κ2) is 9.74. The van der Waals surface area contributed by atoms with Gasteiger partial charge in [-0.3, -0.25) is 14.5 Å². The third-order valence-corrected chi connectivity index (χ3v) is 7.03. The highest BCUT2D eigenvalue weighted by molar-refractivity contribution is 5.84. The van der Waals surface area contributed by atoms with Gasteiger partial charge in [0.15, 0.2) is 0 Å². The lowest BCUT2D eigenvalue weighted by molar-refractivity contribution is -0.144. The highest BCUT2D eigenvalue weighted by Gasteiger charge is 2.38. The summed E-state index contributed by atoms with van der Waals surface area (Å²) in [6.45, 7) is 4.78. The number of ether oxygens (including phenoxy) is 1. The van der Waals surface area contributed by atoms with Crippen molar-refractivity contribution in [2.24, 2.45) is 0 Å². The van der Waals surface area contributed by atoms with Gasteiger partial charge in [0.1, 0.15) is 0 Å². The van der Waals surface area contributed by atoms with Crippen molar-refractivity contribution in [1.29, 1.82) is 5.26 Å². The normalized spacial score (nSPS) is 21.2. The lowest BCUT2D eigenvalue weighted by Gasteiger charge is -2.31. The molecule has 7 nitrogen and oxygen atoms in total. The summed E-state index contributed by atoms with van der Waals surface area (Å²) in [5.41, 5.74) is 3.09. The van der Waals surface area contributed by atoms with Crippen molar-refractivity contribution in [3.8, 4) is 6.07 Å². The van der Waals surface area contributed by atoms with Gasteiger partial charge in [-0.05, 0) is 76.3 Å². The lowest BCUT2D eigenvalue weighted by atomic mass is 10.1. The molecule has 0 bridgehead atoms. The van der Waals surface area contributed by atoms with Gasteiger partial charge in [0, 0.05) is 35.7 Å². The monoisotopic (exact) mass is 436 g/mol. The molecule has 2 atom stereocenters. The van der Waals surface area contributed by atoms with Crippen molar-refractivity contribution in [1.82, 2.24) is 14.4 Å². The van der Waals surface area contributed by atoms with Gasteiger partial charge < -0.3 is 14.2 Å². The van der Waals surface area contributed by atoms with Crippen LogP contribution in [0.5, 0.6) is 0 Å². The summed E-state index contributed by atoms with van der Waals surface area (Å²) in [4.78, 5) is 29.2. The van der Waals surface area contributed by atoms with Crippen molar-refractivity contribution >= 4 is 22.8 Å². The van der Waals surface area contributed by atoms with E-state index in [1.54, 1.807) is 0 Å². The molecule has 4 rings (SSSR count). The highest BCUT2D eigenvalue weighted by atomic mass is 16.5. The number of carbonyl (C=O) groups excluding carboxylic acids is 2. The number of amides is 1. The molecule has 0 radical (unpaired) electrons. The lowest BCUT2D eigenvalue weighted by Crippen LogP contribution is -2.48. The van der Waals surface area contributed by atoms with Gasteiger partial charge in [-0.1, -0.05) is 0 Å². The molecule has 2 fully saturated rings. The van der Waals surface area contributed by atoms with Gasteiger partial charge in [0.2, 0.25) is 5.91 Å². The van der Waals surface area contributed by atoms with E-state index in [-0.39, 0.29) is 30.5 Å². The number of methoxy groups -OCH3 is 1. The number of nitrogens with zero attached hydrogens (tertiary/aromatic N) is 4. The molecule has 2 aliphatic rings. The van der Waals surface area contributed by atoms with Crippen LogP contribution in [-0.4, -0.2) is 65.1 Å². The summed E-state index contributed by atoms with van der Waals surface area (Å²) in [5, 5.41) is 10.3. The first-order valence-corrected chi connectivity index (χ1v) is 11.7. The Labute approximate surface area is 189 Å². The minimum Gasteiger partial charge on any atom is -0.468 e. The first kappa shape index (κ1) is 22.3. The van der Waals surface area contributed by atoms with Crippen LogP contribution in [0.15, 0.2) is 24.3 Å². The molecule has 0 spiro atoms. The van der Waals surface area contributed by atoms with E-state index in [1.807, 2.05) is 23.1 Å². The standard InChI is InChI=1S/C25H32N4O3/c1-3-28-21(15-19-14-18(16-26)8-11-22(19)28)10-9-20-6-4-13-29(20)25(31)23-7-5-12-27(23)17-24(30)32-2/h8,11,14-15,20,23H,3-7,9-10,12-13,17H2,1-2H3/t20-,23+/m0/s1. The Kier molecular flexibility index (Phi) is 6.80. The maximum atomic E-state index is 13.4. The number of nitriles is 1. The largest absolute Gasteiger partial charge is 0.468 e. The molecule has 170 valence electrons. The first-order valence-electron chi connectivity index (χ1n) is 11.7. The van der Waals surface area contributed by atoms with E-state index in [0.29, 0.717) is 5.56 Å². The SMILES string of the molecule is CCn1c(CC[C@@H]2CCCN2C(=O)[C@H]2CCCN2CC(=O)OC)cc2cc(C#N)ccc21. The Balaban J connectivity index is 1.45. The van der Waals surface area contributed by atoms with Gasteiger partial charge in [-0.15, -0.1) is 0 Å². The zero-order chi connectivity index (χ0) is 22.7. The number of carbonyl (C=O) groups is 2. The first-order chi connectivity index (χ1) is 15.5. The van der Waals surface area contributed by atoms with E-state index >= 15 is 0 Å². The summed E-state index contributed by atoms with van der Waals surface area (Å²) in [7, 11) is 1.39. The zero-order valence-corrected chi connectivity index (χ0v) is 19.0. The fourth-order valence-corrected chi connectivity index (χ4v) is 5.44. The van der Waals surface area contributed by atoms with E-state index < -0.39 is 0 Å². The minimum absolute atomic E-state index is 0.170. The van der Waals surface area contributed by atoms with Crippen molar-refractivity contribution in [2.75, 3.05) is 26.7 Å². The second-order valence-electron chi connectivity index (χ2n) is 8.84. The predicted octanol–water partition coefficient (Wildman–Crippen LogP) is 3.09. The van der Waals surface area contributed by atoms with E-state index in [4.69, 9.17) is 4.74 Å². The van der Waals surface area contributed by atoms with Crippen LogP contribution in [0.2, 0.25) is 0 Å². The molecule has 0 saturated carbocycles. The topological polar surface area (TPSA) is 78.6 Å². The van der Waals surface area contributed by atoms with Crippen LogP contribution >= 0.6 is 0 Å². The molecule has 32 heavy (non-hydrogen) atoms. The molecule has 1 amide bonds. The van der Waals surface area contributed by atoms with E-state index in [1.165, 1.54) is 12.8 Å². The maximum Gasteiger partial charge on any atom is 0.319 e. The molecule has 1 aromatic heterocycles. The fourth-order valence-electron chi connectivity index (χ4n) is 5.44. The average molecular weight is 437 g/mol.